The van der Waals surface area contributed by atoms with Crippen LogP contribution >= 0.6 is 23.5 Å². The van der Waals surface area contributed by atoms with Crippen LogP contribution in [0.3, 0.4) is 0 Å². The van der Waals surface area contributed by atoms with Gasteiger partial charge in [-0.1, -0.05) is 51.7 Å². The lowest BCUT2D eigenvalue weighted by atomic mass is 9.75. The molecule has 158 valence electrons. The predicted molar refractivity (Wildman–Crippen MR) is 127 cm³/mol. The van der Waals surface area contributed by atoms with Gasteiger partial charge in [0.15, 0.2) is 0 Å². The summed E-state index contributed by atoms with van der Waals surface area (Å²) in [5.41, 5.74) is 3.64. The van der Waals surface area contributed by atoms with Gasteiger partial charge in [0.1, 0.15) is 11.5 Å². The Morgan fingerprint density at radius 3 is 2.54 bits per heavy atom. The van der Waals surface area contributed by atoms with Crippen LogP contribution in [0.25, 0.3) is 0 Å². The summed E-state index contributed by atoms with van der Waals surface area (Å²) in [5, 5.41) is 10.9. The Labute approximate surface area is 180 Å². The summed E-state index contributed by atoms with van der Waals surface area (Å²) >= 11 is 3.62. The van der Waals surface area contributed by atoms with Crippen LogP contribution in [0.2, 0.25) is 0 Å². The van der Waals surface area contributed by atoms with Crippen LogP contribution in [0.5, 0.6) is 11.5 Å². The zero-order chi connectivity index (χ0) is 19.4. The first-order chi connectivity index (χ1) is 13.0. The van der Waals surface area contributed by atoms with Crippen LogP contribution in [-0.2, 0) is 6.42 Å². The third kappa shape index (κ3) is 4.70. The summed E-state index contributed by atoms with van der Waals surface area (Å²) in [5.74, 6) is 1.97. The maximum Gasteiger partial charge on any atom is 0.204 e. The number of allylic oxidation sites excluding steroid dienone is 2. The zero-order valence-electron chi connectivity index (χ0n) is 17.2. The fourth-order valence-electron chi connectivity index (χ4n) is 4.61. The lowest BCUT2D eigenvalue weighted by Gasteiger charge is -2.48. The first-order valence-corrected chi connectivity index (χ1v) is 12.8. The molecule has 4 heteroatoms. The van der Waals surface area contributed by atoms with Crippen molar-refractivity contribution in [1.82, 2.24) is 0 Å². The highest BCUT2D eigenvalue weighted by Gasteiger charge is 2.50. The molecule has 1 heterocycles. The van der Waals surface area contributed by atoms with E-state index in [9.17, 15) is 5.11 Å². The van der Waals surface area contributed by atoms with E-state index in [4.69, 9.17) is 4.74 Å². The molecule has 2 nitrogen and oxygen atoms in total. The lowest BCUT2D eigenvalue weighted by molar-refractivity contribution is 0.135. The number of hydrogen-bond donors (Lipinski definition) is 1. The number of aromatic hydroxyl groups is 1. The molecule has 0 spiro atoms. The standard InChI is InChI=1S/C23H34O2S2.CH4/c1-5-6-7-8-9-10-17-14-20(24)22-18-13-16(2)11-12-19(18)23(26-3,27-4)25-21(22)15-17;/h13-15,18-19,24H,5-12H2,1-4H3;1H4. The Morgan fingerprint density at radius 2 is 1.86 bits per heavy atom. The Balaban J connectivity index is 0.00000280. The van der Waals surface area contributed by atoms with Crippen molar-refractivity contribution in [2.45, 2.75) is 82.8 Å². The molecule has 1 aliphatic heterocycles. The van der Waals surface area contributed by atoms with Gasteiger partial charge in [-0.3, -0.25) is 0 Å². The third-order valence-corrected chi connectivity index (χ3v) is 9.02. The minimum Gasteiger partial charge on any atom is -0.507 e. The van der Waals surface area contributed by atoms with Gasteiger partial charge in [0.25, 0.3) is 0 Å². The molecule has 28 heavy (non-hydrogen) atoms. The number of aryl methyl sites for hydroxylation is 1. The number of thioether (sulfide) groups is 2. The van der Waals surface area contributed by atoms with E-state index < -0.39 is 0 Å². The van der Waals surface area contributed by atoms with Crippen molar-refractivity contribution >= 4 is 23.5 Å². The quantitative estimate of drug-likeness (QED) is 0.263. The fourth-order valence-corrected chi connectivity index (χ4v) is 6.76. The van der Waals surface area contributed by atoms with Crippen molar-refractivity contribution in [3.05, 3.63) is 34.9 Å². The molecule has 1 aromatic rings. The van der Waals surface area contributed by atoms with E-state index in [0.29, 0.717) is 11.7 Å². The molecule has 2 unspecified atom stereocenters. The van der Waals surface area contributed by atoms with Crippen molar-refractivity contribution in [2.24, 2.45) is 5.92 Å². The zero-order valence-corrected chi connectivity index (χ0v) is 18.8. The van der Waals surface area contributed by atoms with E-state index in [2.05, 4.69) is 38.5 Å². The van der Waals surface area contributed by atoms with E-state index in [1.165, 1.54) is 43.2 Å². The molecular formula is C24H38O2S2. The van der Waals surface area contributed by atoms with Crippen LogP contribution in [0.1, 0.15) is 83.3 Å². The molecule has 0 radical (unpaired) electrons. The summed E-state index contributed by atoms with van der Waals surface area (Å²) in [6.45, 7) is 4.46. The molecule has 0 saturated heterocycles. The van der Waals surface area contributed by atoms with Crippen LogP contribution < -0.4 is 4.74 Å². The molecule has 1 N–H and O–H groups in total. The normalized spacial score (nSPS) is 22.4. The number of phenols is 1. The first-order valence-electron chi connectivity index (χ1n) is 10.4. The minimum absolute atomic E-state index is 0. The van der Waals surface area contributed by atoms with Gasteiger partial charge >= 0.3 is 0 Å². The van der Waals surface area contributed by atoms with Crippen LogP contribution in [-0.4, -0.2) is 21.9 Å². The summed E-state index contributed by atoms with van der Waals surface area (Å²) in [7, 11) is 0. The number of hydrogen-bond acceptors (Lipinski definition) is 4. The second-order valence-electron chi connectivity index (χ2n) is 7.99. The monoisotopic (exact) mass is 422 g/mol. The Kier molecular flexibility index (Phi) is 8.69. The van der Waals surface area contributed by atoms with Crippen molar-refractivity contribution < 1.29 is 9.84 Å². The molecule has 1 aromatic carbocycles. The van der Waals surface area contributed by atoms with Crippen LogP contribution in [0, 0.1) is 5.92 Å². The minimum atomic E-state index is -0.263. The molecule has 1 aliphatic carbocycles. The molecule has 2 aliphatic rings. The molecule has 2 atom stereocenters. The molecule has 0 amide bonds. The molecular weight excluding hydrogens is 384 g/mol. The van der Waals surface area contributed by atoms with E-state index in [0.717, 1.165) is 30.6 Å². The summed E-state index contributed by atoms with van der Waals surface area (Å²) in [6.07, 6.45) is 16.3. The highest BCUT2D eigenvalue weighted by atomic mass is 32.2. The van der Waals surface area contributed by atoms with Crippen LogP contribution in [0.15, 0.2) is 23.8 Å². The van der Waals surface area contributed by atoms with Gasteiger partial charge < -0.3 is 9.84 Å². The van der Waals surface area contributed by atoms with Gasteiger partial charge in [-0.2, -0.15) is 0 Å². The van der Waals surface area contributed by atoms with E-state index in [-0.39, 0.29) is 17.6 Å². The molecule has 0 aromatic heterocycles. The van der Waals surface area contributed by atoms with Gasteiger partial charge in [0.2, 0.25) is 4.27 Å². The molecule has 0 saturated carbocycles. The maximum atomic E-state index is 10.9. The fraction of sp³-hybridized carbons (Fsp3) is 0.667. The number of benzene rings is 1. The largest absolute Gasteiger partial charge is 0.507 e. The Morgan fingerprint density at radius 1 is 1.14 bits per heavy atom. The molecule has 3 rings (SSSR count). The maximum absolute atomic E-state index is 10.9. The van der Waals surface area contributed by atoms with Gasteiger partial charge in [-0.25, -0.2) is 0 Å². The summed E-state index contributed by atoms with van der Waals surface area (Å²) in [4.78, 5) is 0. The summed E-state index contributed by atoms with van der Waals surface area (Å²) in [6, 6.07) is 4.19. The molecule has 0 bridgehead atoms. The van der Waals surface area contributed by atoms with Gasteiger partial charge in [-0.15, -0.1) is 23.5 Å². The van der Waals surface area contributed by atoms with Gasteiger partial charge in [0.05, 0.1) is 0 Å². The van der Waals surface area contributed by atoms with Crippen molar-refractivity contribution in [3.8, 4) is 11.5 Å². The Bertz CT molecular complexity index is 679. The number of ether oxygens (including phenoxy) is 1. The SMILES string of the molecule is C.CCCCCCCc1cc(O)c2c(c1)OC(SC)(SC)C1CCC(C)=CC21. The highest BCUT2D eigenvalue weighted by molar-refractivity contribution is 8.17. The van der Waals surface area contributed by atoms with E-state index >= 15 is 0 Å². The van der Waals surface area contributed by atoms with Crippen LogP contribution in [0.4, 0.5) is 0 Å². The highest BCUT2D eigenvalue weighted by Crippen LogP contribution is 2.59. The van der Waals surface area contributed by atoms with Gasteiger partial charge in [0, 0.05) is 17.4 Å². The number of fused-ring (bicyclic) bond motifs is 3. The lowest BCUT2D eigenvalue weighted by Crippen LogP contribution is -2.44. The van der Waals surface area contributed by atoms with E-state index in [1.54, 1.807) is 0 Å². The number of unbranched alkanes of at least 4 members (excludes halogenated alkanes) is 4. The number of rotatable bonds is 8. The second kappa shape index (κ2) is 10.3. The first kappa shape index (κ1) is 23.5. The number of phenolic OH excluding ortho intramolecular Hbond substituents is 1. The van der Waals surface area contributed by atoms with Crippen molar-refractivity contribution in [2.75, 3.05) is 12.5 Å². The Hall–Kier alpha value is -0.740. The average molecular weight is 423 g/mol. The van der Waals surface area contributed by atoms with Gasteiger partial charge in [-0.05, 0) is 62.8 Å². The topological polar surface area (TPSA) is 29.5 Å². The average Bonchev–Trinajstić information content (AvgIpc) is 2.66. The smallest absolute Gasteiger partial charge is 0.204 e. The van der Waals surface area contributed by atoms with E-state index in [1.807, 2.05) is 29.6 Å². The predicted octanol–water partition coefficient (Wildman–Crippen LogP) is 7.75. The van der Waals surface area contributed by atoms with Crippen molar-refractivity contribution in [3.63, 3.8) is 0 Å². The second-order valence-corrected chi connectivity index (χ2v) is 10.3. The third-order valence-electron chi connectivity index (χ3n) is 6.10. The summed E-state index contributed by atoms with van der Waals surface area (Å²) < 4.78 is 6.36. The van der Waals surface area contributed by atoms with Crippen molar-refractivity contribution in [1.29, 1.82) is 0 Å². The molecule has 0 fully saturated rings.